The number of aliphatic hydroxyl groups is 1. The van der Waals surface area contributed by atoms with E-state index >= 15 is 0 Å². The van der Waals surface area contributed by atoms with Gasteiger partial charge in [-0.2, -0.15) is 0 Å². The molecule has 5 fully saturated rings. The maximum atomic E-state index is 12.7. The van der Waals surface area contributed by atoms with E-state index in [-0.39, 0.29) is 22.9 Å². The van der Waals surface area contributed by atoms with Crippen molar-refractivity contribution in [1.29, 1.82) is 0 Å². The Morgan fingerprint density at radius 1 is 0.781 bits per heavy atom. The number of fused-ring (bicyclic) bond motifs is 7. The highest BCUT2D eigenvalue weighted by atomic mass is 16.3. The van der Waals surface area contributed by atoms with Gasteiger partial charge in [0.2, 0.25) is 0 Å². The van der Waals surface area contributed by atoms with E-state index in [1.807, 2.05) is 0 Å². The summed E-state index contributed by atoms with van der Waals surface area (Å²) in [7, 11) is 0. The first-order valence-corrected chi connectivity index (χ1v) is 13.9. The Labute approximate surface area is 197 Å². The van der Waals surface area contributed by atoms with Crippen LogP contribution in [0.25, 0.3) is 0 Å². The molecule has 0 aromatic rings. The van der Waals surface area contributed by atoms with Crippen LogP contribution < -0.4 is 0 Å². The molecule has 5 saturated carbocycles. The van der Waals surface area contributed by atoms with Crippen LogP contribution in [0.3, 0.4) is 0 Å². The number of ketones is 1. The zero-order valence-electron chi connectivity index (χ0n) is 22.3. The van der Waals surface area contributed by atoms with Gasteiger partial charge in [0.15, 0.2) is 0 Å². The molecule has 2 heteroatoms. The largest absolute Gasteiger partial charge is 0.393 e. The Kier molecular flexibility index (Phi) is 4.85. The Bertz CT molecular complexity index is 816. The Morgan fingerprint density at radius 2 is 1.47 bits per heavy atom. The summed E-state index contributed by atoms with van der Waals surface area (Å²) in [6, 6.07) is 0. The van der Waals surface area contributed by atoms with Gasteiger partial charge in [-0.15, -0.1) is 0 Å². The van der Waals surface area contributed by atoms with Gasteiger partial charge in [-0.1, -0.05) is 55.4 Å². The lowest BCUT2D eigenvalue weighted by atomic mass is 9.29. The molecule has 5 rings (SSSR count). The molecule has 5 aliphatic carbocycles. The number of hydrogen-bond donors (Lipinski definition) is 1. The molecule has 10 atom stereocenters. The van der Waals surface area contributed by atoms with Crippen molar-refractivity contribution in [1.82, 2.24) is 0 Å². The zero-order valence-corrected chi connectivity index (χ0v) is 22.3. The van der Waals surface area contributed by atoms with Gasteiger partial charge in [0, 0.05) is 12.3 Å². The van der Waals surface area contributed by atoms with E-state index in [2.05, 4.69) is 55.4 Å². The SMILES string of the molecule is CC1C(=O)CCC2C1(C)CCC1(C)C3(C)CCC4(C)CC(O)C(C)(C)CC4C3CCC21C. The molecule has 0 aliphatic heterocycles. The van der Waals surface area contributed by atoms with Crippen molar-refractivity contribution < 1.29 is 9.90 Å². The number of Topliss-reactive ketones (excluding diaryl/α,β-unsaturated/α-hetero) is 1. The lowest BCUT2D eigenvalue weighted by Gasteiger charge is -2.75. The molecule has 10 unspecified atom stereocenters. The quantitative estimate of drug-likeness (QED) is 0.423. The van der Waals surface area contributed by atoms with E-state index in [0.29, 0.717) is 33.4 Å². The van der Waals surface area contributed by atoms with Crippen LogP contribution in [0.1, 0.15) is 120 Å². The van der Waals surface area contributed by atoms with Crippen LogP contribution in [0.5, 0.6) is 0 Å². The fourth-order valence-electron chi connectivity index (χ4n) is 11.1. The first-order valence-electron chi connectivity index (χ1n) is 13.9. The van der Waals surface area contributed by atoms with Gasteiger partial charge in [-0.05, 0) is 108 Å². The maximum Gasteiger partial charge on any atom is 0.136 e. The maximum absolute atomic E-state index is 12.7. The van der Waals surface area contributed by atoms with Crippen molar-refractivity contribution in [2.24, 2.45) is 56.2 Å². The molecule has 0 aromatic carbocycles. The number of aliphatic hydroxyl groups excluding tert-OH is 1. The van der Waals surface area contributed by atoms with Crippen molar-refractivity contribution in [3.05, 3.63) is 0 Å². The first-order chi connectivity index (χ1) is 14.6. The topological polar surface area (TPSA) is 37.3 Å². The molecule has 0 spiro atoms. The minimum Gasteiger partial charge on any atom is -0.393 e. The monoisotopic (exact) mass is 442 g/mol. The third kappa shape index (κ3) is 2.60. The minimum absolute atomic E-state index is 0.0361. The highest BCUT2D eigenvalue weighted by molar-refractivity contribution is 5.82. The van der Waals surface area contributed by atoms with Gasteiger partial charge >= 0.3 is 0 Å². The molecule has 0 saturated heterocycles. The molecule has 0 aromatic heterocycles. The standard InChI is InChI=1S/C30H50O2/c1-19-22(31)9-10-23-27(19,5)14-16-30(8)28(6)15-13-26(4)18-24(32)25(2,3)17-21(26)20(28)11-12-29(23,30)7/h19-21,23-24,32H,9-18H2,1-8H3. The van der Waals surface area contributed by atoms with Crippen LogP contribution in [0.2, 0.25) is 0 Å². The molecular formula is C30H50O2. The van der Waals surface area contributed by atoms with E-state index in [1.165, 1.54) is 44.9 Å². The number of carbonyl (C=O) groups excluding carboxylic acids is 1. The van der Waals surface area contributed by atoms with E-state index in [4.69, 9.17) is 0 Å². The molecule has 2 nitrogen and oxygen atoms in total. The van der Waals surface area contributed by atoms with Crippen LogP contribution in [0.15, 0.2) is 0 Å². The smallest absolute Gasteiger partial charge is 0.136 e. The summed E-state index contributed by atoms with van der Waals surface area (Å²) in [5.41, 5.74) is 1.57. The van der Waals surface area contributed by atoms with Crippen LogP contribution in [-0.4, -0.2) is 17.0 Å². The summed E-state index contributed by atoms with van der Waals surface area (Å²) >= 11 is 0. The van der Waals surface area contributed by atoms with Crippen LogP contribution in [0.4, 0.5) is 0 Å². The molecule has 32 heavy (non-hydrogen) atoms. The van der Waals surface area contributed by atoms with Crippen molar-refractivity contribution >= 4 is 5.78 Å². The van der Waals surface area contributed by atoms with Gasteiger partial charge in [0.1, 0.15) is 5.78 Å². The van der Waals surface area contributed by atoms with Gasteiger partial charge in [0.05, 0.1) is 6.10 Å². The summed E-state index contributed by atoms with van der Waals surface area (Å²) < 4.78 is 0. The van der Waals surface area contributed by atoms with Crippen LogP contribution in [-0.2, 0) is 4.79 Å². The summed E-state index contributed by atoms with van der Waals surface area (Å²) in [5, 5.41) is 11.0. The van der Waals surface area contributed by atoms with E-state index in [1.54, 1.807) is 0 Å². The lowest BCUT2D eigenvalue weighted by Crippen LogP contribution is -2.69. The Hall–Kier alpha value is -0.370. The number of rotatable bonds is 0. The lowest BCUT2D eigenvalue weighted by molar-refractivity contribution is -0.270. The second-order valence-corrected chi connectivity index (χ2v) is 15.3. The first kappa shape index (κ1) is 23.4. The van der Waals surface area contributed by atoms with Crippen LogP contribution in [0, 0.1) is 56.2 Å². The molecule has 0 heterocycles. The second-order valence-electron chi connectivity index (χ2n) is 15.3. The Balaban J connectivity index is 1.55. The fraction of sp³-hybridized carbons (Fsp3) is 0.967. The number of carbonyl (C=O) groups is 1. The molecule has 182 valence electrons. The van der Waals surface area contributed by atoms with Crippen LogP contribution >= 0.6 is 0 Å². The average molecular weight is 443 g/mol. The summed E-state index contributed by atoms with van der Waals surface area (Å²) in [5.74, 6) is 2.94. The molecule has 1 N–H and O–H groups in total. The predicted molar refractivity (Wildman–Crippen MR) is 131 cm³/mol. The minimum atomic E-state index is -0.158. The molecule has 5 aliphatic rings. The normalized spacial score (nSPS) is 59.4. The van der Waals surface area contributed by atoms with E-state index < -0.39 is 0 Å². The molecule has 0 amide bonds. The second kappa shape index (κ2) is 6.64. The fourth-order valence-corrected chi connectivity index (χ4v) is 11.1. The van der Waals surface area contributed by atoms with Crippen molar-refractivity contribution in [3.8, 4) is 0 Å². The van der Waals surface area contributed by atoms with Crippen molar-refractivity contribution in [3.63, 3.8) is 0 Å². The van der Waals surface area contributed by atoms with Gasteiger partial charge in [-0.25, -0.2) is 0 Å². The van der Waals surface area contributed by atoms with Gasteiger partial charge in [-0.3, -0.25) is 4.79 Å². The molecule has 0 radical (unpaired) electrons. The van der Waals surface area contributed by atoms with Crippen molar-refractivity contribution in [2.45, 2.75) is 126 Å². The summed E-state index contributed by atoms with van der Waals surface area (Å²) in [6.07, 6.45) is 11.7. The third-order valence-electron chi connectivity index (χ3n) is 14.1. The summed E-state index contributed by atoms with van der Waals surface area (Å²) in [4.78, 5) is 12.7. The third-order valence-corrected chi connectivity index (χ3v) is 14.1. The average Bonchev–Trinajstić information content (AvgIpc) is 2.70. The predicted octanol–water partition coefficient (Wildman–Crippen LogP) is 7.43. The van der Waals surface area contributed by atoms with Gasteiger partial charge in [0.25, 0.3) is 0 Å². The molecular weight excluding hydrogens is 392 g/mol. The van der Waals surface area contributed by atoms with E-state index in [9.17, 15) is 9.90 Å². The Morgan fingerprint density at radius 3 is 2.16 bits per heavy atom. The highest BCUT2D eigenvalue weighted by Crippen LogP contribution is 2.79. The molecule has 0 bridgehead atoms. The van der Waals surface area contributed by atoms with E-state index in [0.717, 1.165) is 31.1 Å². The summed E-state index contributed by atoms with van der Waals surface area (Å²) in [6.45, 7) is 19.9. The highest BCUT2D eigenvalue weighted by Gasteiger charge is 2.72. The zero-order chi connectivity index (χ0) is 23.5. The van der Waals surface area contributed by atoms with Crippen molar-refractivity contribution in [2.75, 3.05) is 0 Å². The number of hydrogen-bond acceptors (Lipinski definition) is 2. The van der Waals surface area contributed by atoms with Gasteiger partial charge < -0.3 is 5.11 Å².